The number of hydrogen-bond acceptors (Lipinski definition) is 4. The van der Waals surface area contributed by atoms with Crippen molar-refractivity contribution in [2.24, 2.45) is 0 Å². The molecule has 0 saturated carbocycles. The third kappa shape index (κ3) is 5.14. The van der Waals surface area contributed by atoms with Crippen molar-refractivity contribution in [3.8, 4) is 11.5 Å². The largest absolute Gasteiger partial charge is 0.486 e. The van der Waals surface area contributed by atoms with E-state index in [4.69, 9.17) is 4.74 Å². The Hall–Kier alpha value is -2.32. The van der Waals surface area contributed by atoms with Crippen molar-refractivity contribution in [3.63, 3.8) is 0 Å². The highest BCUT2D eigenvalue weighted by Crippen LogP contribution is 2.36. The highest BCUT2D eigenvalue weighted by Gasteiger charge is 2.24. The van der Waals surface area contributed by atoms with Crippen molar-refractivity contribution in [1.82, 2.24) is 4.57 Å². The Labute approximate surface area is 164 Å². The van der Waals surface area contributed by atoms with Crippen LogP contribution in [-0.4, -0.2) is 33.3 Å². The summed E-state index contributed by atoms with van der Waals surface area (Å²) in [5, 5.41) is 0. The molecule has 1 unspecified atom stereocenters. The molecule has 0 radical (unpaired) electrons. The van der Waals surface area contributed by atoms with Crippen LogP contribution in [0.3, 0.4) is 0 Å². The molecule has 2 heterocycles. The molecule has 2 atom stereocenters. The molecule has 152 valence electrons. The first kappa shape index (κ1) is 20.4. The van der Waals surface area contributed by atoms with Crippen LogP contribution in [0.5, 0.6) is 11.5 Å². The number of thiol groups is 1. The molecule has 1 aromatic carbocycles. The molecule has 0 aliphatic carbocycles. The van der Waals surface area contributed by atoms with Gasteiger partial charge in [-0.3, -0.25) is 4.79 Å². The van der Waals surface area contributed by atoms with E-state index in [9.17, 15) is 18.1 Å². The number of hydrogen-bond donors (Lipinski definition) is 2. The monoisotopic (exact) mass is 411 g/mol. The zero-order valence-electron chi connectivity index (χ0n) is 15.6. The third-order valence-corrected chi connectivity index (χ3v) is 6.08. The Morgan fingerprint density at radius 2 is 1.93 bits per heavy atom. The van der Waals surface area contributed by atoms with Crippen LogP contribution in [0, 0.1) is 13.8 Å². The second kappa shape index (κ2) is 8.79. The number of ether oxygens (including phenoxy) is 2. The summed E-state index contributed by atoms with van der Waals surface area (Å²) in [5.74, 6) is 1.41. The normalized spacial score (nSPS) is 20.8. The Morgan fingerprint density at radius 1 is 1.21 bits per heavy atom. The highest BCUT2D eigenvalue weighted by atomic mass is 32.2. The zero-order valence-corrected chi connectivity index (χ0v) is 16.5. The molecule has 1 saturated heterocycles. The lowest BCUT2D eigenvalue weighted by Gasteiger charge is -2.17. The van der Waals surface area contributed by atoms with Crippen molar-refractivity contribution < 1.29 is 22.8 Å². The van der Waals surface area contributed by atoms with E-state index in [1.807, 2.05) is 18.4 Å². The summed E-state index contributed by atoms with van der Waals surface area (Å²) in [6.07, 6.45) is 4.08. The lowest BCUT2D eigenvalue weighted by molar-refractivity contribution is -0.0519. The number of aryl methyl sites for hydroxylation is 2. The second-order valence-corrected chi connectivity index (χ2v) is 8.51. The van der Waals surface area contributed by atoms with Crippen molar-refractivity contribution in [2.75, 3.05) is 11.5 Å². The molecular weight excluding hydrogens is 388 g/mol. The summed E-state index contributed by atoms with van der Waals surface area (Å²) in [7, 11) is 0. The fourth-order valence-electron chi connectivity index (χ4n) is 3.17. The molecule has 3 rings (SSSR count). The van der Waals surface area contributed by atoms with Gasteiger partial charge in [-0.1, -0.05) is 6.07 Å². The Kier molecular flexibility index (Phi) is 6.41. The first-order valence-electron chi connectivity index (χ1n) is 8.89. The van der Waals surface area contributed by atoms with E-state index in [-0.39, 0.29) is 23.0 Å². The Balaban J connectivity index is 1.87. The molecular formula is C20H23F2NO4S. The minimum atomic E-state index is -2.95. The molecule has 8 heteroatoms. The summed E-state index contributed by atoms with van der Waals surface area (Å²) in [6.45, 7) is 0.717. The minimum absolute atomic E-state index is 0.0305. The van der Waals surface area contributed by atoms with Crippen LogP contribution in [0.1, 0.15) is 23.4 Å². The molecule has 1 N–H and O–H groups in total. The molecule has 0 spiro atoms. The summed E-state index contributed by atoms with van der Waals surface area (Å²) in [6, 6.07) is 7.82. The van der Waals surface area contributed by atoms with Crippen LogP contribution in [0.15, 0.2) is 35.1 Å². The fourth-order valence-corrected chi connectivity index (χ4v) is 4.66. The van der Waals surface area contributed by atoms with Gasteiger partial charge in [-0.15, -0.1) is 11.2 Å². The summed E-state index contributed by atoms with van der Waals surface area (Å²) < 4.78 is 47.4. The maximum atomic E-state index is 12.7. The average Bonchev–Trinajstić information content (AvgIpc) is 3.00. The molecule has 0 amide bonds. The molecule has 5 nitrogen and oxygen atoms in total. The van der Waals surface area contributed by atoms with Gasteiger partial charge in [0.25, 0.3) is 0 Å². The van der Waals surface area contributed by atoms with Crippen LogP contribution in [0.25, 0.3) is 12.3 Å². The molecule has 1 fully saturated rings. The van der Waals surface area contributed by atoms with Crippen LogP contribution in [0.2, 0.25) is 0 Å². The molecule has 2 aromatic rings. The number of halogens is 2. The number of benzene rings is 1. The second-order valence-electron chi connectivity index (χ2n) is 6.69. The number of rotatable bonds is 6. The Morgan fingerprint density at radius 3 is 2.54 bits per heavy atom. The van der Waals surface area contributed by atoms with E-state index in [1.54, 1.807) is 36.5 Å². The first-order valence-corrected chi connectivity index (χ1v) is 10.6. The lowest BCUT2D eigenvalue weighted by atomic mass is 10.2. The van der Waals surface area contributed by atoms with Crippen molar-refractivity contribution in [2.45, 2.75) is 33.0 Å². The standard InChI is InChI=1S/C20H23F2NO4S/c1-13-9-16(24)10-14(2)23(13)7-5-15-3-4-18(27-20(21)22)19(11-15)26-17-6-8-28(25)12-17/h3-5,7,9-11,17,20,25,28H,6,8,12H2,1-2H3/b7-5+/t17-/m0/s1. The summed E-state index contributed by atoms with van der Waals surface area (Å²) >= 11 is -1.04. The molecule has 1 aliphatic heterocycles. The van der Waals surface area contributed by atoms with Crippen molar-refractivity contribution in [1.29, 1.82) is 0 Å². The van der Waals surface area contributed by atoms with E-state index in [1.165, 1.54) is 6.07 Å². The summed E-state index contributed by atoms with van der Waals surface area (Å²) in [4.78, 5) is 11.5. The van der Waals surface area contributed by atoms with Gasteiger partial charge in [0.15, 0.2) is 16.9 Å². The predicted octanol–water partition coefficient (Wildman–Crippen LogP) is 4.32. The Bertz CT molecular complexity index is 903. The number of aromatic nitrogens is 1. The van der Waals surface area contributed by atoms with Crippen molar-refractivity contribution in [3.05, 3.63) is 57.5 Å². The maximum absolute atomic E-state index is 12.7. The van der Waals surface area contributed by atoms with Crippen molar-refractivity contribution >= 4 is 23.5 Å². The van der Waals surface area contributed by atoms with Crippen LogP contribution >= 0.6 is 11.2 Å². The van der Waals surface area contributed by atoms with Gasteiger partial charge in [0.05, 0.1) is 0 Å². The summed E-state index contributed by atoms with van der Waals surface area (Å²) in [5.41, 5.74) is 2.26. The third-order valence-electron chi connectivity index (χ3n) is 4.48. The number of nitrogens with zero attached hydrogens (tertiary/aromatic N) is 1. The van der Waals surface area contributed by atoms with E-state index in [0.717, 1.165) is 17.0 Å². The molecule has 1 aliphatic rings. The van der Waals surface area contributed by atoms with Crippen LogP contribution in [-0.2, 0) is 0 Å². The van der Waals surface area contributed by atoms with Gasteiger partial charge in [0, 0.05) is 35.5 Å². The van der Waals surface area contributed by atoms with Crippen LogP contribution < -0.4 is 14.9 Å². The molecule has 1 aromatic heterocycles. The smallest absolute Gasteiger partial charge is 0.387 e. The van der Waals surface area contributed by atoms with Gasteiger partial charge < -0.3 is 18.6 Å². The van der Waals surface area contributed by atoms with Crippen LogP contribution in [0.4, 0.5) is 8.78 Å². The minimum Gasteiger partial charge on any atom is -0.486 e. The number of alkyl halides is 2. The van der Waals surface area contributed by atoms with E-state index in [0.29, 0.717) is 17.9 Å². The zero-order chi connectivity index (χ0) is 20.3. The number of pyridine rings is 1. The SMILES string of the molecule is Cc1cc(=O)cc(C)n1/C=C/c1ccc(OC(F)F)c(O[C@H]2CC[SH](O)C2)c1. The average molecular weight is 411 g/mol. The van der Waals surface area contributed by atoms with Gasteiger partial charge in [-0.05, 0) is 49.8 Å². The lowest BCUT2D eigenvalue weighted by Crippen LogP contribution is -2.16. The van der Waals surface area contributed by atoms with Gasteiger partial charge in [-0.25, -0.2) is 0 Å². The maximum Gasteiger partial charge on any atom is 0.387 e. The predicted molar refractivity (Wildman–Crippen MR) is 109 cm³/mol. The van der Waals surface area contributed by atoms with E-state index in [2.05, 4.69) is 4.74 Å². The molecule has 0 bridgehead atoms. The molecule has 28 heavy (non-hydrogen) atoms. The van der Waals surface area contributed by atoms with E-state index < -0.39 is 17.8 Å². The van der Waals surface area contributed by atoms with Gasteiger partial charge >= 0.3 is 6.61 Å². The van der Waals surface area contributed by atoms with E-state index >= 15 is 0 Å². The van der Waals surface area contributed by atoms with Gasteiger partial charge in [-0.2, -0.15) is 8.78 Å². The highest BCUT2D eigenvalue weighted by molar-refractivity contribution is 8.12. The topological polar surface area (TPSA) is 60.7 Å². The van der Waals surface area contributed by atoms with Gasteiger partial charge in [0.2, 0.25) is 0 Å². The fraction of sp³-hybridized carbons (Fsp3) is 0.350. The van der Waals surface area contributed by atoms with Gasteiger partial charge in [0.1, 0.15) is 6.10 Å². The quantitative estimate of drug-likeness (QED) is 0.695. The first-order chi connectivity index (χ1) is 13.3.